The van der Waals surface area contributed by atoms with E-state index in [4.69, 9.17) is 10.5 Å². The molecule has 18 heavy (non-hydrogen) atoms. The molecule has 2 N–H and O–H groups in total. The summed E-state index contributed by atoms with van der Waals surface area (Å²) in [6.45, 7) is 6.10. The van der Waals surface area contributed by atoms with Gasteiger partial charge in [0.1, 0.15) is 11.6 Å². The molecule has 0 aliphatic rings. The van der Waals surface area contributed by atoms with Gasteiger partial charge in [-0.25, -0.2) is 4.98 Å². The number of pyridine rings is 1. The van der Waals surface area contributed by atoms with Gasteiger partial charge in [0.15, 0.2) is 0 Å². The molecule has 0 radical (unpaired) electrons. The van der Waals surface area contributed by atoms with Crippen molar-refractivity contribution in [1.29, 1.82) is 0 Å². The fourth-order valence-corrected chi connectivity index (χ4v) is 1.79. The lowest BCUT2D eigenvalue weighted by Crippen LogP contribution is -2.06. The number of aromatic nitrogens is 1. The van der Waals surface area contributed by atoms with Crippen LogP contribution >= 0.6 is 0 Å². The molecule has 2 rings (SSSR count). The van der Waals surface area contributed by atoms with Crippen molar-refractivity contribution in [2.24, 2.45) is 0 Å². The SMILES string of the molecule is Cc1cc(-c2ccc(N)nc2)ccc1OC(C)C. The van der Waals surface area contributed by atoms with Crippen molar-refractivity contribution < 1.29 is 4.74 Å². The molecule has 0 spiro atoms. The first-order valence-corrected chi connectivity index (χ1v) is 6.05. The number of nitrogens with two attached hydrogens (primary N) is 1. The number of ether oxygens (including phenoxy) is 1. The van der Waals surface area contributed by atoms with E-state index in [-0.39, 0.29) is 6.10 Å². The average Bonchev–Trinajstić information content (AvgIpc) is 2.32. The highest BCUT2D eigenvalue weighted by Gasteiger charge is 2.05. The molecular formula is C15H18N2O. The Bertz CT molecular complexity index is 533. The van der Waals surface area contributed by atoms with Crippen LogP contribution in [0.15, 0.2) is 36.5 Å². The first kappa shape index (κ1) is 12.4. The van der Waals surface area contributed by atoms with Gasteiger partial charge in [0.25, 0.3) is 0 Å². The average molecular weight is 242 g/mol. The molecule has 0 saturated carbocycles. The molecule has 0 aliphatic carbocycles. The summed E-state index contributed by atoms with van der Waals surface area (Å²) >= 11 is 0. The highest BCUT2D eigenvalue weighted by molar-refractivity contribution is 5.65. The second-order valence-electron chi connectivity index (χ2n) is 4.62. The summed E-state index contributed by atoms with van der Waals surface area (Å²) in [6, 6.07) is 9.92. The van der Waals surface area contributed by atoms with Gasteiger partial charge in [0, 0.05) is 11.8 Å². The molecule has 1 heterocycles. The maximum Gasteiger partial charge on any atom is 0.123 e. The summed E-state index contributed by atoms with van der Waals surface area (Å²) in [4.78, 5) is 4.10. The minimum Gasteiger partial charge on any atom is -0.491 e. The third kappa shape index (κ3) is 2.80. The molecule has 3 heteroatoms. The Morgan fingerprint density at radius 3 is 2.39 bits per heavy atom. The second-order valence-corrected chi connectivity index (χ2v) is 4.62. The zero-order chi connectivity index (χ0) is 13.1. The van der Waals surface area contributed by atoms with Gasteiger partial charge in [-0.1, -0.05) is 6.07 Å². The number of aryl methyl sites for hydroxylation is 1. The molecular weight excluding hydrogens is 224 g/mol. The smallest absolute Gasteiger partial charge is 0.123 e. The van der Waals surface area contributed by atoms with Crippen molar-refractivity contribution in [2.75, 3.05) is 5.73 Å². The van der Waals surface area contributed by atoms with Crippen molar-refractivity contribution in [3.8, 4) is 16.9 Å². The van der Waals surface area contributed by atoms with Crippen LogP contribution in [0.4, 0.5) is 5.82 Å². The standard InChI is InChI=1S/C15H18N2O/c1-10(2)18-14-6-4-12(8-11(14)3)13-5-7-15(16)17-9-13/h4-10H,1-3H3,(H2,16,17). The van der Waals surface area contributed by atoms with Crippen LogP contribution in [0.3, 0.4) is 0 Å². The van der Waals surface area contributed by atoms with Crippen LogP contribution in [-0.2, 0) is 0 Å². The van der Waals surface area contributed by atoms with E-state index < -0.39 is 0 Å². The molecule has 1 aromatic heterocycles. The number of nitrogens with zero attached hydrogens (tertiary/aromatic N) is 1. The van der Waals surface area contributed by atoms with Crippen LogP contribution in [0.1, 0.15) is 19.4 Å². The van der Waals surface area contributed by atoms with Crippen molar-refractivity contribution in [3.63, 3.8) is 0 Å². The summed E-state index contributed by atoms with van der Waals surface area (Å²) in [5.74, 6) is 1.47. The highest BCUT2D eigenvalue weighted by atomic mass is 16.5. The Kier molecular flexibility index (Phi) is 3.51. The van der Waals surface area contributed by atoms with E-state index in [2.05, 4.69) is 11.1 Å². The van der Waals surface area contributed by atoms with Crippen molar-refractivity contribution in [2.45, 2.75) is 26.9 Å². The Balaban J connectivity index is 2.31. The predicted molar refractivity (Wildman–Crippen MR) is 74.6 cm³/mol. The van der Waals surface area contributed by atoms with Crippen molar-refractivity contribution >= 4 is 5.82 Å². The summed E-state index contributed by atoms with van der Waals surface area (Å²) in [5.41, 5.74) is 8.89. The van der Waals surface area contributed by atoms with E-state index in [0.29, 0.717) is 5.82 Å². The van der Waals surface area contributed by atoms with Crippen LogP contribution in [0, 0.1) is 6.92 Å². The Morgan fingerprint density at radius 1 is 1.11 bits per heavy atom. The van der Waals surface area contributed by atoms with Crippen LogP contribution in [0.2, 0.25) is 0 Å². The molecule has 1 aromatic carbocycles. The van der Waals surface area contributed by atoms with Crippen LogP contribution in [0.25, 0.3) is 11.1 Å². The van der Waals surface area contributed by atoms with Gasteiger partial charge < -0.3 is 10.5 Å². The first-order valence-electron chi connectivity index (χ1n) is 6.05. The van der Waals surface area contributed by atoms with Gasteiger partial charge in [0.05, 0.1) is 6.10 Å². The first-order chi connectivity index (χ1) is 8.56. The minimum absolute atomic E-state index is 0.188. The second kappa shape index (κ2) is 5.08. The maximum absolute atomic E-state index is 5.72. The molecule has 0 aliphatic heterocycles. The lowest BCUT2D eigenvalue weighted by molar-refractivity contribution is 0.241. The van der Waals surface area contributed by atoms with E-state index in [0.717, 1.165) is 22.4 Å². The molecule has 0 atom stereocenters. The van der Waals surface area contributed by atoms with Crippen molar-refractivity contribution in [3.05, 3.63) is 42.1 Å². The molecule has 0 amide bonds. The quantitative estimate of drug-likeness (QED) is 0.897. The van der Waals surface area contributed by atoms with Gasteiger partial charge in [0.2, 0.25) is 0 Å². The van der Waals surface area contributed by atoms with Gasteiger partial charge in [-0.3, -0.25) is 0 Å². The molecule has 0 saturated heterocycles. The van der Waals surface area contributed by atoms with E-state index in [9.17, 15) is 0 Å². The number of hydrogen-bond acceptors (Lipinski definition) is 3. The molecule has 2 aromatic rings. The molecule has 0 fully saturated rings. The lowest BCUT2D eigenvalue weighted by atomic mass is 10.0. The third-order valence-electron chi connectivity index (χ3n) is 2.66. The predicted octanol–water partition coefficient (Wildman–Crippen LogP) is 3.43. The fraction of sp³-hybridized carbons (Fsp3) is 0.267. The molecule has 94 valence electrons. The van der Waals surface area contributed by atoms with E-state index in [1.54, 1.807) is 6.20 Å². The van der Waals surface area contributed by atoms with Gasteiger partial charge in [-0.2, -0.15) is 0 Å². The monoisotopic (exact) mass is 242 g/mol. The topological polar surface area (TPSA) is 48.1 Å². The summed E-state index contributed by atoms with van der Waals surface area (Å²) in [6.07, 6.45) is 1.97. The zero-order valence-electron chi connectivity index (χ0n) is 11.0. The molecule has 0 unspecified atom stereocenters. The Morgan fingerprint density at radius 2 is 1.83 bits per heavy atom. The van der Waals surface area contributed by atoms with Gasteiger partial charge >= 0.3 is 0 Å². The van der Waals surface area contributed by atoms with Crippen LogP contribution < -0.4 is 10.5 Å². The van der Waals surface area contributed by atoms with Crippen molar-refractivity contribution in [1.82, 2.24) is 4.98 Å². The third-order valence-corrected chi connectivity index (χ3v) is 2.66. The summed E-state index contributed by atoms with van der Waals surface area (Å²) in [5, 5.41) is 0. The number of anilines is 1. The maximum atomic E-state index is 5.72. The number of benzene rings is 1. The lowest BCUT2D eigenvalue weighted by Gasteiger charge is -2.13. The van der Waals surface area contributed by atoms with Gasteiger partial charge in [-0.15, -0.1) is 0 Å². The summed E-state index contributed by atoms with van der Waals surface area (Å²) < 4.78 is 5.72. The normalized spacial score (nSPS) is 10.7. The number of nitrogen functional groups attached to an aromatic ring is 1. The zero-order valence-corrected chi connectivity index (χ0v) is 11.0. The molecule has 3 nitrogen and oxygen atoms in total. The Labute approximate surface area is 108 Å². The summed E-state index contributed by atoms with van der Waals surface area (Å²) in [7, 11) is 0. The van der Waals surface area contributed by atoms with Crippen LogP contribution in [0.5, 0.6) is 5.75 Å². The molecule has 0 bridgehead atoms. The van der Waals surface area contributed by atoms with E-state index in [1.165, 1.54) is 0 Å². The minimum atomic E-state index is 0.188. The van der Waals surface area contributed by atoms with E-state index >= 15 is 0 Å². The highest BCUT2D eigenvalue weighted by Crippen LogP contribution is 2.26. The van der Waals surface area contributed by atoms with Crippen LogP contribution in [-0.4, -0.2) is 11.1 Å². The van der Waals surface area contributed by atoms with Gasteiger partial charge in [-0.05, 0) is 56.2 Å². The number of rotatable bonds is 3. The number of hydrogen-bond donors (Lipinski definition) is 1. The largest absolute Gasteiger partial charge is 0.491 e. The Hall–Kier alpha value is -2.03. The van der Waals surface area contributed by atoms with E-state index in [1.807, 2.05) is 45.0 Å². The fourth-order valence-electron chi connectivity index (χ4n) is 1.79.